The summed E-state index contributed by atoms with van der Waals surface area (Å²) in [5, 5.41) is 11.4. The first-order valence-electron chi connectivity index (χ1n) is 7.11. The minimum absolute atomic E-state index is 0.119. The zero-order valence-corrected chi connectivity index (χ0v) is 12.3. The van der Waals surface area contributed by atoms with Crippen molar-refractivity contribution in [3.8, 4) is 28.9 Å². The molecule has 1 N–H and O–H groups in total. The minimum atomic E-state index is -0.450. The zero-order valence-electron chi connectivity index (χ0n) is 12.3. The van der Waals surface area contributed by atoms with Crippen LogP contribution >= 0.6 is 0 Å². The van der Waals surface area contributed by atoms with Crippen molar-refractivity contribution in [1.82, 2.24) is 24.9 Å². The fourth-order valence-corrected chi connectivity index (χ4v) is 2.38. The van der Waals surface area contributed by atoms with E-state index in [1.807, 2.05) is 0 Å². The Morgan fingerprint density at radius 3 is 3.04 bits per heavy atom. The summed E-state index contributed by atoms with van der Waals surface area (Å²) in [6, 6.07) is 4.36. The molecule has 2 aromatic heterocycles. The van der Waals surface area contributed by atoms with Gasteiger partial charge >= 0.3 is 0 Å². The number of nitrogens with one attached hydrogen (secondary N) is 1. The highest BCUT2D eigenvalue weighted by atomic mass is 19.1. The Bertz CT molecular complexity index is 835. The van der Waals surface area contributed by atoms with Gasteiger partial charge in [-0.15, -0.1) is 5.10 Å². The van der Waals surface area contributed by atoms with Crippen molar-refractivity contribution in [2.24, 2.45) is 0 Å². The predicted octanol–water partition coefficient (Wildman–Crippen LogP) is 1.96. The van der Waals surface area contributed by atoms with Crippen molar-refractivity contribution in [3.63, 3.8) is 0 Å². The Hall–Kier alpha value is -2.97. The van der Waals surface area contributed by atoms with Gasteiger partial charge in [0.1, 0.15) is 0 Å². The van der Waals surface area contributed by atoms with Crippen LogP contribution in [0.5, 0.6) is 5.75 Å². The molecule has 0 fully saturated rings. The van der Waals surface area contributed by atoms with E-state index in [9.17, 15) is 4.39 Å². The van der Waals surface area contributed by atoms with Crippen LogP contribution < -0.4 is 10.1 Å². The Morgan fingerprint density at radius 2 is 2.22 bits per heavy atom. The fourth-order valence-electron chi connectivity index (χ4n) is 2.38. The van der Waals surface area contributed by atoms with Gasteiger partial charge in [-0.2, -0.15) is 9.97 Å². The van der Waals surface area contributed by atoms with Crippen LogP contribution in [0.1, 0.15) is 6.42 Å². The van der Waals surface area contributed by atoms with Gasteiger partial charge in [-0.25, -0.2) is 9.07 Å². The van der Waals surface area contributed by atoms with E-state index in [1.54, 1.807) is 10.7 Å². The number of ether oxygens (including phenoxy) is 1. The number of benzene rings is 1. The number of anilines is 1. The standard InChI is InChI=1S/C14H13FN6O2/c1-22-10-7-8(3-4-9(10)15)11-17-13(23-20-11)12-18-14-16-5-2-6-21(14)19-12/h3-4,7H,2,5-6H2,1H3,(H,16,18,19). The maximum Gasteiger partial charge on any atom is 0.297 e. The van der Waals surface area contributed by atoms with Gasteiger partial charge in [0.15, 0.2) is 11.6 Å². The molecule has 0 bridgehead atoms. The second kappa shape index (κ2) is 5.34. The van der Waals surface area contributed by atoms with Gasteiger partial charge in [0.2, 0.25) is 17.6 Å². The van der Waals surface area contributed by atoms with Gasteiger partial charge in [0, 0.05) is 18.7 Å². The topological polar surface area (TPSA) is 90.9 Å². The Labute approximate surface area is 130 Å². The van der Waals surface area contributed by atoms with Crippen LogP contribution in [0, 0.1) is 5.82 Å². The summed E-state index contributed by atoms with van der Waals surface area (Å²) < 4.78 is 25.4. The molecule has 9 heteroatoms. The molecule has 3 aromatic rings. The van der Waals surface area contributed by atoms with Crippen LogP contribution in [-0.2, 0) is 6.54 Å². The molecule has 8 nitrogen and oxygen atoms in total. The van der Waals surface area contributed by atoms with E-state index in [4.69, 9.17) is 9.26 Å². The van der Waals surface area contributed by atoms with Gasteiger partial charge in [0.05, 0.1) is 7.11 Å². The molecule has 3 heterocycles. The molecule has 0 aliphatic carbocycles. The average Bonchev–Trinajstić information content (AvgIpc) is 3.21. The number of aryl methyl sites for hydroxylation is 1. The van der Waals surface area contributed by atoms with E-state index in [2.05, 4.69) is 25.5 Å². The summed E-state index contributed by atoms with van der Waals surface area (Å²) in [7, 11) is 1.40. The smallest absolute Gasteiger partial charge is 0.297 e. The zero-order chi connectivity index (χ0) is 15.8. The fraction of sp³-hybridized carbons (Fsp3) is 0.286. The van der Waals surface area contributed by atoms with Crippen molar-refractivity contribution < 1.29 is 13.7 Å². The molecule has 0 radical (unpaired) electrons. The molecule has 0 saturated heterocycles. The van der Waals surface area contributed by atoms with E-state index < -0.39 is 5.82 Å². The van der Waals surface area contributed by atoms with Crippen LogP contribution in [0.3, 0.4) is 0 Å². The van der Waals surface area contributed by atoms with E-state index >= 15 is 0 Å². The molecule has 1 aliphatic rings. The van der Waals surface area contributed by atoms with E-state index in [-0.39, 0.29) is 11.6 Å². The summed E-state index contributed by atoms with van der Waals surface area (Å²) in [6.07, 6.45) is 0.986. The maximum absolute atomic E-state index is 13.5. The van der Waals surface area contributed by atoms with Crippen LogP contribution in [0.15, 0.2) is 22.7 Å². The number of fused-ring (bicyclic) bond motifs is 1. The Kier molecular flexibility index (Phi) is 3.18. The predicted molar refractivity (Wildman–Crippen MR) is 78.4 cm³/mol. The summed E-state index contributed by atoms with van der Waals surface area (Å²) >= 11 is 0. The summed E-state index contributed by atoms with van der Waals surface area (Å²) in [5.74, 6) is 1.26. The minimum Gasteiger partial charge on any atom is -0.494 e. The summed E-state index contributed by atoms with van der Waals surface area (Å²) in [4.78, 5) is 8.61. The molecule has 0 unspecified atom stereocenters. The molecule has 118 valence electrons. The van der Waals surface area contributed by atoms with Gasteiger partial charge in [-0.1, -0.05) is 5.16 Å². The third-order valence-electron chi connectivity index (χ3n) is 3.53. The Balaban J connectivity index is 1.67. The van der Waals surface area contributed by atoms with Crippen LogP contribution in [0.2, 0.25) is 0 Å². The number of nitrogens with zero attached hydrogens (tertiary/aromatic N) is 5. The highest BCUT2D eigenvalue weighted by molar-refractivity contribution is 5.59. The molecule has 0 amide bonds. The number of halogens is 1. The average molecular weight is 316 g/mol. The van der Waals surface area contributed by atoms with Crippen molar-refractivity contribution in [3.05, 3.63) is 24.0 Å². The van der Waals surface area contributed by atoms with Crippen LogP contribution in [-0.4, -0.2) is 38.6 Å². The monoisotopic (exact) mass is 316 g/mol. The summed E-state index contributed by atoms with van der Waals surface area (Å²) in [5.41, 5.74) is 0.584. The third kappa shape index (κ3) is 2.39. The molecule has 23 heavy (non-hydrogen) atoms. The van der Waals surface area contributed by atoms with Crippen LogP contribution in [0.25, 0.3) is 23.1 Å². The molecule has 1 aliphatic heterocycles. The SMILES string of the molecule is COc1cc(-c2noc(-c3nc4n(n3)CCCN4)n2)ccc1F. The van der Waals surface area contributed by atoms with E-state index in [1.165, 1.54) is 19.2 Å². The van der Waals surface area contributed by atoms with Gasteiger partial charge in [0.25, 0.3) is 5.89 Å². The first-order valence-corrected chi connectivity index (χ1v) is 7.11. The first kappa shape index (κ1) is 13.7. The van der Waals surface area contributed by atoms with E-state index in [0.717, 1.165) is 19.5 Å². The molecule has 4 rings (SSSR count). The molecule has 0 atom stereocenters. The summed E-state index contributed by atoms with van der Waals surface area (Å²) in [6.45, 7) is 1.66. The lowest BCUT2D eigenvalue weighted by atomic mass is 10.2. The molecule has 1 aromatic carbocycles. The largest absolute Gasteiger partial charge is 0.494 e. The van der Waals surface area contributed by atoms with Gasteiger partial charge in [-0.05, 0) is 24.6 Å². The second-order valence-corrected chi connectivity index (χ2v) is 5.03. The third-order valence-corrected chi connectivity index (χ3v) is 3.53. The lowest BCUT2D eigenvalue weighted by Gasteiger charge is -2.12. The number of hydrogen-bond acceptors (Lipinski definition) is 7. The molecular weight excluding hydrogens is 303 g/mol. The number of hydrogen-bond donors (Lipinski definition) is 1. The molecule has 0 saturated carbocycles. The number of methoxy groups -OCH3 is 1. The normalized spacial score (nSPS) is 13.5. The Morgan fingerprint density at radius 1 is 1.30 bits per heavy atom. The lowest BCUT2D eigenvalue weighted by molar-refractivity contribution is 0.386. The molecule has 0 spiro atoms. The number of rotatable bonds is 3. The van der Waals surface area contributed by atoms with Crippen molar-refractivity contribution in [2.45, 2.75) is 13.0 Å². The first-order chi connectivity index (χ1) is 11.2. The van der Waals surface area contributed by atoms with Crippen molar-refractivity contribution in [1.29, 1.82) is 0 Å². The highest BCUT2D eigenvalue weighted by Crippen LogP contribution is 2.26. The molecular formula is C14H13FN6O2. The quantitative estimate of drug-likeness (QED) is 0.789. The van der Waals surface area contributed by atoms with Crippen molar-refractivity contribution in [2.75, 3.05) is 19.0 Å². The highest BCUT2D eigenvalue weighted by Gasteiger charge is 2.20. The number of aromatic nitrogens is 5. The van der Waals surface area contributed by atoms with E-state index in [0.29, 0.717) is 23.2 Å². The maximum atomic E-state index is 13.5. The van der Waals surface area contributed by atoms with Gasteiger partial charge in [-0.3, -0.25) is 0 Å². The van der Waals surface area contributed by atoms with Gasteiger partial charge < -0.3 is 14.6 Å². The second-order valence-electron chi connectivity index (χ2n) is 5.03. The lowest BCUT2D eigenvalue weighted by Crippen LogP contribution is -2.17. The van der Waals surface area contributed by atoms with Crippen LogP contribution in [0.4, 0.5) is 10.3 Å². The van der Waals surface area contributed by atoms with Crippen molar-refractivity contribution >= 4 is 5.95 Å².